The average molecular weight is 377 g/mol. The predicted molar refractivity (Wildman–Crippen MR) is 105 cm³/mol. The molecule has 4 N–H and O–H groups in total. The first-order valence-electron chi connectivity index (χ1n) is 11.2. The van der Waals surface area contributed by atoms with Gasteiger partial charge in [-0.25, -0.2) is 4.79 Å². The second-order valence-electron chi connectivity index (χ2n) is 9.43. The molecule has 2 bridgehead atoms. The van der Waals surface area contributed by atoms with Crippen LogP contribution in [0.3, 0.4) is 0 Å². The number of carbonyl (C=O) groups excluding carboxylic acids is 2. The minimum absolute atomic E-state index is 0.0277. The summed E-state index contributed by atoms with van der Waals surface area (Å²) in [4.78, 5) is 27.4. The molecule has 3 saturated carbocycles. The lowest BCUT2D eigenvalue weighted by Crippen LogP contribution is -2.56. The lowest BCUT2D eigenvalue weighted by molar-refractivity contribution is -0.128. The molecule has 0 radical (unpaired) electrons. The molecule has 152 valence electrons. The van der Waals surface area contributed by atoms with Crippen LogP contribution in [0.5, 0.6) is 0 Å². The molecule has 3 atom stereocenters. The van der Waals surface area contributed by atoms with Gasteiger partial charge in [0.15, 0.2) is 0 Å². The monoisotopic (exact) mass is 376 g/mol. The summed E-state index contributed by atoms with van der Waals surface area (Å²) >= 11 is 0. The Morgan fingerprint density at radius 1 is 0.852 bits per heavy atom. The van der Waals surface area contributed by atoms with Gasteiger partial charge < -0.3 is 21.3 Å². The number of hydrogen-bond acceptors (Lipinski definition) is 3. The third kappa shape index (κ3) is 4.41. The van der Waals surface area contributed by atoms with Crippen molar-refractivity contribution in [2.24, 2.45) is 23.5 Å². The summed E-state index contributed by atoms with van der Waals surface area (Å²) in [6.07, 6.45) is 12.2. The number of likely N-dealkylation sites (tertiary alicyclic amines) is 1. The highest BCUT2D eigenvalue weighted by atomic mass is 16.2. The number of carbonyl (C=O) groups is 2. The van der Waals surface area contributed by atoms with E-state index in [1.165, 1.54) is 32.1 Å². The molecule has 3 amide bonds. The van der Waals surface area contributed by atoms with Crippen molar-refractivity contribution >= 4 is 11.9 Å². The maximum atomic E-state index is 13.0. The topological polar surface area (TPSA) is 87.5 Å². The van der Waals surface area contributed by atoms with Crippen LogP contribution in [0.4, 0.5) is 4.79 Å². The Bertz CT molecular complexity index is 534. The molecule has 0 spiro atoms. The average Bonchev–Trinajstić information content (AvgIpc) is 3.15. The Morgan fingerprint density at radius 2 is 1.56 bits per heavy atom. The van der Waals surface area contributed by atoms with E-state index in [9.17, 15) is 9.59 Å². The van der Waals surface area contributed by atoms with Crippen molar-refractivity contribution in [1.82, 2.24) is 15.5 Å². The summed E-state index contributed by atoms with van der Waals surface area (Å²) in [5, 5.41) is 6.56. The number of piperidine rings is 1. The summed E-state index contributed by atoms with van der Waals surface area (Å²) < 4.78 is 0. The first-order valence-corrected chi connectivity index (χ1v) is 11.2. The van der Waals surface area contributed by atoms with Crippen LogP contribution in [0.2, 0.25) is 0 Å². The fraction of sp³-hybridized carbons (Fsp3) is 0.905. The van der Waals surface area contributed by atoms with Crippen molar-refractivity contribution in [3.8, 4) is 0 Å². The molecule has 0 aromatic heterocycles. The molecule has 3 unspecified atom stereocenters. The molecular weight excluding hydrogens is 340 g/mol. The zero-order valence-electron chi connectivity index (χ0n) is 16.5. The number of amides is 3. The van der Waals surface area contributed by atoms with Crippen LogP contribution in [0.15, 0.2) is 0 Å². The van der Waals surface area contributed by atoms with Crippen molar-refractivity contribution in [2.45, 2.75) is 88.8 Å². The Labute approximate surface area is 163 Å². The number of hydrogen-bond donors (Lipinski definition) is 3. The van der Waals surface area contributed by atoms with Gasteiger partial charge in [-0.3, -0.25) is 4.79 Å². The number of nitrogens with zero attached hydrogens (tertiary/aromatic N) is 1. The molecule has 4 aliphatic rings. The van der Waals surface area contributed by atoms with Crippen LogP contribution in [0.1, 0.15) is 70.6 Å². The lowest BCUT2D eigenvalue weighted by Gasteiger charge is -2.46. The first-order chi connectivity index (χ1) is 13.1. The van der Waals surface area contributed by atoms with Crippen LogP contribution in [-0.2, 0) is 4.79 Å². The van der Waals surface area contributed by atoms with Crippen molar-refractivity contribution in [1.29, 1.82) is 0 Å². The molecule has 0 aromatic rings. The molecule has 0 aromatic carbocycles. The van der Waals surface area contributed by atoms with Crippen molar-refractivity contribution in [2.75, 3.05) is 13.1 Å². The fourth-order valence-electron chi connectivity index (χ4n) is 6.02. The van der Waals surface area contributed by atoms with Gasteiger partial charge in [0.25, 0.3) is 0 Å². The standard InChI is InChI=1S/C21H36N4O2/c22-17-11-14-5-3-6-15(12-17)19(14)24-20(26)16-7-4-10-25(13-16)21(27)23-18-8-1-2-9-18/h14-19H,1-13,22H2,(H,23,27)(H,24,26). The Balaban J connectivity index is 1.31. The molecular formula is C21H36N4O2. The second-order valence-corrected chi connectivity index (χ2v) is 9.43. The van der Waals surface area contributed by atoms with Gasteiger partial charge in [-0.15, -0.1) is 0 Å². The normalized spacial score (nSPS) is 37.1. The van der Waals surface area contributed by atoms with Gasteiger partial charge in [-0.2, -0.15) is 0 Å². The van der Waals surface area contributed by atoms with E-state index in [4.69, 9.17) is 5.73 Å². The highest BCUT2D eigenvalue weighted by Gasteiger charge is 2.41. The Kier molecular flexibility index (Phi) is 5.90. The summed E-state index contributed by atoms with van der Waals surface area (Å²) in [6.45, 7) is 1.33. The number of urea groups is 1. The summed E-state index contributed by atoms with van der Waals surface area (Å²) in [7, 11) is 0. The van der Waals surface area contributed by atoms with Crippen LogP contribution in [0.25, 0.3) is 0 Å². The number of fused-ring (bicyclic) bond motifs is 2. The second kappa shape index (κ2) is 8.38. The maximum Gasteiger partial charge on any atom is 0.317 e. The first kappa shape index (κ1) is 19.0. The Hall–Kier alpha value is -1.30. The largest absolute Gasteiger partial charge is 0.353 e. The minimum Gasteiger partial charge on any atom is -0.353 e. The van der Waals surface area contributed by atoms with Crippen LogP contribution >= 0.6 is 0 Å². The molecule has 1 heterocycles. The van der Waals surface area contributed by atoms with Crippen LogP contribution in [-0.4, -0.2) is 48.1 Å². The van der Waals surface area contributed by atoms with E-state index in [0.29, 0.717) is 36.5 Å². The van der Waals surface area contributed by atoms with E-state index in [1.54, 1.807) is 0 Å². The zero-order chi connectivity index (χ0) is 18.8. The minimum atomic E-state index is -0.0654. The van der Waals surface area contributed by atoms with Gasteiger partial charge >= 0.3 is 6.03 Å². The van der Waals surface area contributed by atoms with Crippen molar-refractivity contribution in [3.63, 3.8) is 0 Å². The van der Waals surface area contributed by atoms with Gasteiger partial charge in [0, 0.05) is 31.2 Å². The van der Waals surface area contributed by atoms with E-state index < -0.39 is 0 Å². The molecule has 6 nitrogen and oxygen atoms in total. The fourth-order valence-corrected chi connectivity index (χ4v) is 6.02. The van der Waals surface area contributed by atoms with E-state index in [1.807, 2.05) is 4.90 Å². The van der Waals surface area contributed by atoms with E-state index >= 15 is 0 Å². The summed E-state index contributed by atoms with van der Waals surface area (Å²) in [6, 6.07) is 0.962. The van der Waals surface area contributed by atoms with Gasteiger partial charge in [0.2, 0.25) is 5.91 Å². The molecule has 6 heteroatoms. The SMILES string of the molecule is NC1CC2CCCC(C1)C2NC(=O)C1CCCN(C(=O)NC2CCCC2)C1. The van der Waals surface area contributed by atoms with E-state index in [0.717, 1.165) is 45.1 Å². The summed E-state index contributed by atoms with van der Waals surface area (Å²) in [5.41, 5.74) is 6.22. The van der Waals surface area contributed by atoms with Gasteiger partial charge in [0.05, 0.1) is 5.92 Å². The van der Waals surface area contributed by atoms with Gasteiger partial charge in [-0.05, 0) is 63.2 Å². The number of rotatable bonds is 3. The zero-order valence-corrected chi connectivity index (χ0v) is 16.5. The molecule has 3 aliphatic carbocycles. The van der Waals surface area contributed by atoms with Crippen LogP contribution < -0.4 is 16.4 Å². The highest BCUT2D eigenvalue weighted by Crippen LogP contribution is 2.39. The third-order valence-electron chi connectivity index (χ3n) is 7.45. The van der Waals surface area contributed by atoms with Crippen molar-refractivity contribution < 1.29 is 9.59 Å². The summed E-state index contributed by atoms with van der Waals surface area (Å²) in [5.74, 6) is 1.18. The van der Waals surface area contributed by atoms with Gasteiger partial charge in [-0.1, -0.05) is 19.3 Å². The van der Waals surface area contributed by atoms with Crippen LogP contribution in [0, 0.1) is 17.8 Å². The van der Waals surface area contributed by atoms with E-state index in [-0.39, 0.29) is 17.9 Å². The van der Waals surface area contributed by atoms with Crippen molar-refractivity contribution in [3.05, 3.63) is 0 Å². The number of nitrogens with one attached hydrogen (secondary N) is 2. The molecule has 1 aliphatic heterocycles. The molecule has 4 fully saturated rings. The smallest absolute Gasteiger partial charge is 0.317 e. The molecule has 27 heavy (non-hydrogen) atoms. The Morgan fingerprint density at radius 3 is 2.26 bits per heavy atom. The number of nitrogens with two attached hydrogens (primary N) is 1. The van der Waals surface area contributed by atoms with E-state index in [2.05, 4.69) is 10.6 Å². The maximum absolute atomic E-state index is 13.0. The third-order valence-corrected chi connectivity index (χ3v) is 7.45. The molecule has 1 saturated heterocycles. The van der Waals surface area contributed by atoms with Gasteiger partial charge in [0.1, 0.15) is 0 Å². The quantitative estimate of drug-likeness (QED) is 0.707. The highest BCUT2D eigenvalue weighted by molar-refractivity contribution is 5.81. The predicted octanol–water partition coefficient (Wildman–Crippen LogP) is 2.37. The lowest BCUT2D eigenvalue weighted by atomic mass is 9.67. The molecule has 4 rings (SSSR count).